The number of aliphatic hydroxyl groups excluding tert-OH is 1. The van der Waals surface area contributed by atoms with Gasteiger partial charge in [-0.05, 0) is 18.8 Å². The summed E-state index contributed by atoms with van der Waals surface area (Å²) in [6, 6.07) is 0. The molecule has 0 spiro atoms. The van der Waals surface area contributed by atoms with Crippen LogP contribution in [0.15, 0.2) is 0 Å². The smallest absolute Gasteiger partial charge is 0.224 e. The summed E-state index contributed by atoms with van der Waals surface area (Å²) < 4.78 is 0. The van der Waals surface area contributed by atoms with Crippen LogP contribution in [0, 0.1) is 12.3 Å². The Labute approximate surface area is 53.9 Å². The molecule has 0 saturated heterocycles. The van der Waals surface area contributed by atoms with Gasteiger partial charge in [-0.2, -0.15) is 0 Å². The maximum Gasteiger partial charge on any atom is 0.224 e. The van der Waals surface area contributed by atoms with Crippen molar-refractivity contribution in [3.05, 3.63) is 6.42 Å². The summed E-state index contributed by atoms with van der Waals surface area (Å²) in [4.78, 5) is 10.1. The summed E-state index contributed by atoms with van der Waals surface area (Å²) in [6.07, 6.45) is 2.61. The van der Waals surface area contributed by atoms with E-state index in [0.717, 1.165) is 19.3 Å². The van der Waals surface area contributed by atoms with Crippen LogP contribution in [0.3, 0.4) is 0 Å². The van der Waals surface area contributed by atoms with Crippen molar-refractivity contribution >= 4 is 5.91 Å². The van der Waals surface area contributed by atoms with E-state index in [4.69, 9.17) is 10.8 Å². The van der Waals surface area contributed by atoms with Crippen LogP contribution in [0.5, 0.6) is 0 Å². The van der Waals surface area contributed by atoms with E-state index in [2.05, 4.69) is 0 Å². The Balaban J connectivity index is 2.17. The molecule has 1 atom stereocenters. The van der Waals surface area contributed by atoms with Gasteiger partial charge in [-0.1, -0.05) is 0 Å². The first-order chi connectivity index (χ1) is 4.20. The zero-order valence-electron chi connectivity index (χ0n) is 5.08. The summed E-state index contributed by atoms with van der Waals surface area (Å²) in [5.74, 6) is -0.230. The van der Waals surface area contributed by atoms with Crippen molar-refractivity contribution in [1.82, 2.24) is 0 Å². The predicted octanol–water partition coefficient (Wildman–Crippen LogP) is -0.553. The number of hydrogen-bond acceptors (Lipinski definition) is 2. The summed E-state index contributed by atoms with van der Waals surface area (Å²) in [7, 11) is 0. The molecule has 1 rings (SSSR count). The standard InChI is InChI=1S/C6H10NO2/c7-6(9)3-5(8)4-1-2-4/h3-5,8H,1-2H2,(H2,7,9). The Hall–Kier alpha value is -0.570. The van der Waals surface area contributed by atoms with Crippen LogP contribution < -0.4 is 5.73 Å². The molecule has 3 N–H and O–H groups in total. The zero-order valence-corrected chi connectivity index (χ0v) is 5.08. The molecule has 1 fully saturated rings. The molecule has 51 valence electrons. The monoisotopic (exact) mass is 128 g/mol. The third-order valence-electron chi connectivity index (χ3n) is 1.44. The minimum Gasteiger partial charge on any atom is -0.392 e. The van der Waals surface area contributed by atoms with Crippen LogP contribution in [0.2, 0.25) is 0 Å². The number of aliphatic hydroxyl groups is 1. The first-order valence-electron chi connectivity index (χ1n) is 3.02. The zero-order chi connectivity index (χ0) is 6.85. The molecule has 0 aromatic heterocycles. The number of amides is 1. The SMILES string of the molecule is NC(=O)[CH]C(O)C1CC1. The molecule has 1 unspecified atom stereocenters. The Morgan fingerprint density at radius 2 is 2.33 bits per heavy atom. The Kier molecular flexibility index (Phi) is 1.71. The molecule has 0 heterocycles. The van der Waals surface area contributed by atoms with Crippen LogP contribution in [0.25, 0.3) is 0 Å². The normalized spacial score (nSPS) is 21.4. The predicted molar refractivity (Wildman–Crippen MR) is 32.2 cm³/mol. The molecule has 1 amide bonds. The minimum absolute atomic E-state index is 0.303. The van der Waals surface area contributed by atoms with Crippen molar-refractivity contribution < 1.29 is 9.90 Å². The van der Waals surface area contributed by atoms with E-state index < -0.39 is 12.0 Å². The van der Waals surface area contributed by atoms with Gasteiger partial charge in [0.1, 0.15) is 0 Å². The second-order valence-corrected chi connectivity index (χ2v) is 2.40. The molecule has 3 heteroatoms. The fraction of sp³-hybridized carbons (Fsp3) is 0.667. The highest BCUT2D eigenvalue weighted by molar-refractivity contribution is 5.83. The van der Waals surface area contributed by atoms with Gasteiger partial charge in [-0.25, -0.2) is 0 Å². The largest absolute Gasteiger partial charge is 0.392 e. The fourth-order valence-electron chi connectivity index (χ4n) is 0.742. The molecule has 0 bridgehead atoms. The third-order valence-corrected chi connectivity index (χ3v) is 1.44. The Morgan fingerprint density at radius 3 is 2.67 bits per heavy atom. The van der Waals surface area contributed by atoms with E-state index in [-0.39, 0.29) is 0 Å². The highest BCUT2D eigenvalue weighted by atomic mass is 16.3. The van der Waals surface area contributed by atoms with Gasteiger partial charge < -0.3 is 10.8 Å². The van der Waals surface area contributed by atoms with E-state index in [1.54, 1.807) is 0 Å². The van der Waals surface area contributed by atoms with Crippen molar-refractivity contribution in [3.63, 3.8) is 0 Å². The maximum atomic E-state index is 10.1. The lowest BCUT2D eigenvalue weighted by molar-refractivity contribution is -0.116. The molecule has 9 heavy (non-hydrogen) atoms. The van der Waals surface area contributed by atoms with Gasteiger partial charge in [0.2, 0.25) is 5.91 Å². The summed E-state index contributed by atoms with van der Waals surface area (Å²) in [5.41, 5.74) is 4.80. The number of carbonyl (C=O) groups is 1. The second-order valence-electron chi connectivity index (χ2n) is 2.40. The molecule has 0 aromatic carbocycles. The summed E-state index contributed by atoms with van der Waals surface area (Å²) >= 11 is 0. The van der Waals surface area contributed by atoms with E-state index in [1.807, 2.05) is 0 Å². The van der Waals surface area contributed by atoms with Crippen molar-refractivity contribution in [3.8, 4) is 0 Å². The number of primary amides is 1. The van der Waals surface area contributed by atoms with Gasteiger partial charge >= 0.3 is 0 Å². The van der Waals surface area contributed by atoms with E-state index in [1.165, 1.54) is 0 Å². The summed E-state index contributed by atoms with van der Waals surface area (Å²) in [6.45, 7) is 0. The van der Waals surface area contributed by atoms with Crippen LogP contribution in [-0.4, -0.2) is 17.1 Å². The van der Waals surface area contributed by atoms with Gasteiger partial charge in [0.05, 0.1) is 12.5 Å². The van der Waals surface area contributed by atoms with E-state index >= 15 is 0 Å². The number of hydrogen-bond donors (Lipinski definition) is 2. The van der Waals surface area contributed by atoms with Gasteiger partial charge in [0, 0.05) is 0 Å². The lowest BCUT2D eigenvalue weighted by atomic mass is 10.1. The number of carbonyl (C=O) groups excluding carboxylic acids is 1. The average molecular weight is 128 g/mol. The van der Waals surface area contributed by atoms with Gasteiger partial charge in [-0.15, -0.1) is 0 Å². The molecular formula is C6H10NO2. The molecule has 1 aliphatic carbocycles. The van der Waals surface area contributed by atoms with Gasteiger partial charge in [0.25, 0.3) is 0 Å². The molecule has 0 aliphatic heterocycles. The highest BCUT2D eigenvalue weighted by Crippen LogP contribution is 2.33. The van der Waals surface area contributed by atoms with Gasteiger partial charge in [-0.3, -0.25) is 4.79 Å². The first-order valence-corrected chi connectivity index (χ1v) is 3.02. The maximum absolute atomic E-state index is 10.1. The number of nitrogens with two attached hydrogens (primary N) is 1. The first kappa shape index (κ1) is 6.55. The molecule has 0 aromatic rings. The van der Waals surface area contributed by atoms with Gasteiger partial charge in [0.15, 0.2) is 0 Å². The Morgan fingerprint density at radius 1 is 1.78 bits per heavy atom. The average Bonchev–Trinajstić information content (AvgIpc) is 2.40. The lowest BCUT2D eigenvalue weighted by Gasteiger charge is -2.02. The third kappa shape index (κ3) is 2.01. The van der Waals surface area contributed by atoms with Crippen molar-refractivity contribution in [1.29, 1.82) is 0 Å². The topological polar surface area (TPSA) is 63.3 Å². The van der Waals surface area contributed by atoms with Crippen LogP contribution in [0.1, 0.15) is 12.8 Å². The van der Waals surface area contributed by atoms with Crippen LogP contribution in [-0.2, 0) is 4.79 Å². The quantitative estimate of drug-likeness (QED) is 0.535. The van der Waals surface area contributed by atoms with Crippen LogP contribution >= 0.6 is 0 Å². The van der Waals surface area contributed by atoms with Crippen molar-refractivity contribution in [2.24, 2.45) is 11.7 Å². The minimum atomic E-state index is -0.595. The van der Waals surface area contributed by atoms with Crippen molar-refractivity contribution in [2.75, 3.05) is 0 Å². The second kappa shape index (κ2) is 2.35. The number of rotatable bonds is 3. The molecule has 1 saturated carbocycles. The van der Waals surface area contributed by atoms with Crippen molar-refractivity contribution in [2.45, 2.75) is 18.9 Å². The molecule has 1 radical (unpaired) electrons. The molecule has 3 nitrogen and oxygen atoms in total. The van der Waals surface area contributed by atoms with Crippen LogP contribution in [0.4, 0.5) is 0 Å². The van der Waals surface area contributed by atoms with E-state index in [9.17, 15) is 4.79 Å². The molecular weight excluding hydrogens is 118 g/mol. The van der Waals surface area contributed by atoms with E-state index in [0.29, 0.717) is 5.92 Å². The fourth-order valence-corrected chi connectivity index (χ4v) is 0.742. The molecule has 1 aliphatic rings. The summed E-state index contributed by atoms with van der Waals surface area (Å²) in [5, 5.41) is 9.00. The highest BCUT2D eigenvalue weighted by Gasteiger charge is 2.30. The Bertz CT molecular complexity index is 120. The lowest BCUT2D eigenvalue weighted by Crippen LogP contribution is -2.22.